The zero-order valence-electron chi connectivity index (χ0n) is 40.1. The van der Waals surface area contributed by atoms with Crippen molar-refractivity contribution in [3.63, 3.8) is 0 Å². The fourth-order valence-corrected chi connectivity index (χ4v) is 11.0. The Labute approximate surface area is 414 Å². The maximum atomic E-state index is 15.6. The number of amides is 3. The van der Waals surface area contributed by atoms with Crippen LogP contribution in [0, 0.1) is 24.0 Å². The molecule has 5 heterocycles. The number of aryl methyl sites for hydroxylation is 1. The van der Waals surface area contributed by atoms with Gasteiger partial charge in [0.15, 0.2) is 5.82 Å². The number of H-pyrrole nitrogens is 1. The number of aromatic nitrogens is 3. The van der Waals surface area contributed by atoms with Crippen LogP contribution in [0.15, 0.2) is 84.6 Å². The second kappa shape index (κ2) is 21.0. The van der Waals surface area contributed by atoms with Gasteiger partial charge in [0.05, 0.1) is 45.7 Å². The molecule has 71 heavy (non-hydrogen) atoms. The number of carbonyl (C=O) groups is 4. The number of rotatable bonds is 16. The zero-order valence-corrected chi connectivity index (χ0v) is 41.7. The van der Waals surface area contributed by atoms with Gasteiger partial charge in [0.2, 0.25) is 33.5 Å². The largest absolute Gasteiger partial charge is 0.391 e. The standard InChI is InChI=1S/C51H57F2N9O7S2/c1-6-21-71(68,69)59-40-16-15-39(52)43(44(40)53)45(65)38-26-55-48-37(38)22-34(25-54-48)32-11-13-35(14-12-32)61-19-17-60(18-20-61)28-42(64)58-47(51(3,4)5)50(67)62-27-36(63)23-41(62)49(66)56-24-31-7-9-33(10-8-31)46-30(2)57-29-70-46/h7-16,22,25-26,29,36,41,47,59,63H,6,17-21,23-24,27-28H2,1-5H3,(H,54,55)(H,56,66)(H,58,64)/t36-,41+,47?/m1/s1. The number of ketones is 1. The van der Waals surface area contributed by atoms with Gasteiger partial charge in [0.25, 0.3) is 0 Å². The van der Waals surface area contributed by atoms with E-state index in [1.807, 2.05) is 81.1 Å². The summed E-state index contributed by atoms with van der Waals surface area (Å²) >= 11 is 1.56. The van der Waals surface area contributed by atoms with E-state index in [0.29, 0.717) is 42.8 Å². The molecule has 0 spiro atoms. The molecule has 2 fully saturated rings. The molecular formula is C51H57F2N9O7S2. The van der Waals surface area contributed by atoms with Gasteiger partial charge < -0.3 is 30.5 Å². The highest BCUT2D eigenvalue weighted by atomic mass is 32.2. The van der Waals surface area contributed by atoms with E-state index in [1.165, 1.54) is 11.1 Å². The van der Waals surface area contributed by atoms with Gasteiger partial charge in [-0.1, -0.05) is 64.1 Å². The van der Waals surface area contributed by atoms with Crippen LogP contribution in [0.5, 0.6) is 0 Å². The van der Waals surface area contributed by atoms with Crippen LogP contribution in [0.4, 0.5) is 20.2 Å². The molecule has 16 nitrogen and oxygen atoms in total. The van der Waals surface area contributed by atoms with Crippen LogP contribution < -0.4 is 20.3 Å². The Morgan fingerprint density at radius 1 is 0.944 bits per heavy atom. The van der Waals surface area contributed by atoms with E-state index in [4.69, 9.17) is 0 Å². The lowest BCUT2D eigenvalue weighted by Crippen LogP contribution is -2.59. The van der Waals surface area contributed by atoms with E-state index in [1.54, 1.807) is 36.0 Å². The van der Waals surface area contributed by atoms with Crippen LogP contribution in [0.3, 0.4) is 0 Å². The number of pyridine rings is 1. The average Bonchev–Trinajstić information content (AvgIpc) is 4.08. The van der Waals surface area contributed by atoms with Gasteiger partial charge >= 0.3 is 0 Å². The molecular weight excluding hydrogens is 953 g/mol. The van der Waals surface area contributed by atoms with Crippen LogP contribution >= 0.6 is 11.3 Å². The van der Waals surface area contributed by atoms with Gasteiger partial charge in [-0.25, -0.2) is 27.2 Å². The number of hydrogen-bond acceptors (Lipinski definition) is 12. The number of thiazole rings is 1. The topological polar surface area (TPSA) is 210 Å². The molecule has 8 rings (SSSR count). The molecule has 6 aromatic rings. The number of piperazine rings is 1. The van der Waals surface area contributed by atoms with E-state index in [-0.39, 0.29) is 55.6 Å². The highest BCUT2D eigenvalue weighted by molar-refractivity contribution is 7.92. The minimum absolute atomic E-state index is 0.0255. The van der Waals surface area contributed by atoms with Crippen molar-refractivity contribution >= 4 is 67.3 Å². The summed E-state index contributed by atoms with van der Waals surface area (Å²) in [6.45, 7) is 11.8. The number of hydrogen-bond donors (Lipinski definition) is 5. The van der Waals surface area contributed by atoms with E-state index < -0.39 is 68.2 Å². The predicted octanol–water partition coefficient (Wildman–Crippen LogP) is 6.25. The van der Waals surface area contributed by atoms with E-state index >= 15 is 8.78 Å². The second-order valence-corrected chi connectivity index (χ2v) is 21.8. The molecule has 3 amide bonds. The molecule has 3 aromatic carbocycles. The number of likely N-dealkylation sites (tertiary alicyclic amines) is 1. The second-order valence-electron chi connectivity index (χ2n) is 19.1. The summed E-state index contributed by atoms with van der Waals surface area (Å²) in [5.41, 5.74) is 5.18. The number of aliphatic hydroxyl groups excluding tert-OH is 1. The summed E-state index contributed by atoms with van der Waals surface area (Å²) in [6.07, 6.45) is 2.40. The van der Waals surface area contributed by atoms with Gasteiger partial charge in [-0.3, -0.25) is 28.8 Å². The molecule has 2 saturated heterocycles. The number of fused-ring (bicyclic) bond motifs is 1. The van der Waals surface area contributed by atoms with Crippen molar-refractivity contribution in [2.75, 3.05) is 54.6 Å². The van der Waals surface area contributed by atoms with Gasteiger partial charge in [-0.2, -0.15) is 0 Å². The fraction of sp³-hybridized carbons (Fsp3) is 0.373. The molecule has 3 aromatic heterocycles. The first-order valence-electron chi connectivity index (χ1n) is 23.4. The number of aromatic amines is 1. The van der Waals surface area contributed by atoms with Crippen LogP contribution in [-0.2, 0) is 31.0 Å². The highest BCUT2D eigenvalue weighted by Gasteiger charge is 2.44. The third-order valence-electron chi connectivity index (χ3n) is 12.8. The molecule has 2 aliphatic heterocycles. The summed E-state index contributed by atoms with van der Waals surface area (Å²) in [7, 11) is -3.92. The molecule has 1 unspecified atom stereocenters. The Morgan fingerprint density at radius 3 is 2.31 bits per heavy atom. The van der Waals surface area contributed by atoms with Crippen molar-refractivity contribution in [1.82, 2.24) is 35.4 Å². The van der Waals surface area contributed by atoms with Crippen molar-refractivity contribution in [3.8, 4) is 21.6 Å². The van der Waals surface area contributed by atoms with Crippen molar-refractivity contribution in [2.45, 2.75) is 72.2 Å². The quantitative estimate of drug-likeness (QED) is 0.0685. The van der Waals surface area contributed by atoms with Crippen molar-refractivity contribution in [3.05, 3.63) is 119 Å². The molecule has 0 aliphatic carbocycles. The smallest absolute Gasteiger partial charge is 0.246 e. The molecule has 0 bridgehead atoms. The first kappa shape index (κ1) is 50.8. The summed E-state index contributed by atoms with van der Waals surface area (Å²) < 4.78 is 57.4. The summed E-state index contributed by atoms with van der Waals surface area (Å²) in [5.74, 6) is -4.85. The highest BCUT2D eigenvalue weighted by Crippen LogP contribution is 2.32. The number of β-amino-alcohol motifs (C(OH)–C–C–N with tert-alkyl or cyclic N) is 1. The maximum Gasteiger partial charge on any atom is 0.246 e. The molecule has 5 N–H and O–H groups in total. The third kappa shape index (κ3) is 11.5. The molecule has 0 radical (unpaired) electrons. The van der Waals surface area contributed by atoms with E-state index in [0.717, 1.165) is 45.1 Å². The van der Waals surface area contributed by atoms with E-state index in [9.17, 15) is 32.7 Å². The Morgan fingerprint density at radius 2 is 1.65 bits per heavy atom. The van der Waals surface area contributed by atoms with Crippen molar-refractivity contribution in [2.24, 2.45) is 5.41 Å². The molecule has 3 atom stereocenters. The number of aliphatic hydroxyl groups is 1. The maximum absolute atomic E-state index is 15.6. The SMILES string of the molecule is CCCS(=O)(=O)Nc1ccc(F)c(C(=O)c2c[nH]c3ncc(-c4ccc(N5CCN(CC(=O)NC(C(=O)N6C[C@H](O)C[C@H]6C(=O)NCc6ccc(-c7scnc7C)cc6)C(C)(C)C)CC5)cc4)cc23)c1F. The lowest BCUT2D eigenvalue weighted by Gasteiger charge is -2.37. The number of sulfonamides is 1. The normalized spacial score (nSPS) is 17.1. The molecule has 20 heteroatoms. The van der Waals surface area contributed by atoms with Crippen LogP contribution in [0.2, 0.25) is 0 Å². The molecule has 2 aliphatic rings. The third-order valence-corrected chi connectivity index (χ3v) is 15.3. The van der Waals surface area contributed by atoms with Gasteiger partial charge in [0, 0.05) is 80.3 Å². The minimum Gasteiger partial charge on any atom is -0.391 e. The minimum atomic E-state index is -3.92. The first-order valence-corrected chi connectivity index (χ1v) is 26.0. The first-order chi connectivity index (χ1) is 33.8. The summed E-state index contributed by atoms with van der Waals surface area (Å²) in [4.78, 5) is 73.4. The number of benzene rings is 3. The number of nitrogens with zero attached hydrogens (tertiary/aromatic N) is 5. The summed E-state index contributed by atoms with van der Waals surface area (Å²) in [6, 6.07) is 17.2. The lowest BCUT2D eigenvalue weighted by molar-refractivity contribution is -0.144. The lowest BCUT2D eigenvalue weighted by atomic mass is 9.85. The van der Waals surface area contributed by atoms with E-state index in [2.05, 4.69) is 35.2 Å². The zero-order chi connectivity index (χ0) is 50.8. The number of nitrogens with one attached hydrogen (secondary N) is 4. The molecule has 0 saturated carbocycles. The Hall–Kier alpha value is -6.61. The van der Waals surface area contributed by atoms with Crippen molar-refractivity contribution in [1.29, 1.82) is 0 Å². The van der Waals surface area contributed by atoms with Crippen molar-refractivity contribution < 1.29 is 41.5 Å². The van der Waals surface area contributed by atoms with Crippen LogP contribution in [-0.4, -0.2) is 125 Å². The summed E-state index contributed by atoms with van der Waals surface area (Å²) in [5, 5.41) is 16.9. The van der Waals surface area contributed by atoms with Crippen LogP contribution in [0.25, 0.3) is 32.6 Å². The Bertz CT molecular complexity index is 3060. The molecule has 374 valence electrons. The Balaban J connectivity index is 0.857. The number of halogens is 2. The number of anilines is 2. The average molecular weight is 1010 g/mol. The fourth-order valence-electron chi connectivity index (χ4n) is 9.03. The van der Waals surface area contributed by atoms with Gasteiger partial charge in [-0.15, -0.1) is 11.3 Å². The predicted molar refractivity (Wildman–Crippen MR) is 269 cm³/mol. The number of carbonyl (C=O) groups excluding carboxylic acids is 4. The van der Waals surface area contributed by atoms with Crippen LogP contribution in [0.1, 0.15) is 67.7 Å². The Kier molecular flexibility index (Phi) is 15.0. The van der Waals surface area contributed by atoms with Gasteiger partial charge in [-0.05, 0) is 65.8 Å². The monoisotopic (exact) mass is 1010 g/mol. The van der Waals surface area contributed by atoms with Gasteiger partial charge in [0.1, 0.15) is 23.5 Å².